The van der Waals surface area contributed by atoms with Crippen molar-refractivity contribution in [2.24, 2.45) is 5.41 Å². The molecule has 2 aromatic rings. The molecular weight excluding hydrogens is 402 g/mol. The van der Waals surface area contributed by atoms with Crippen LogP contribution in [-0.2, 0) is 4.74 Å². The van der Waals surface area contributed by atoms with Gasteiger partial charge in [0.25, 0.3) is 0 Å². The van der Waals surface area contributed by atoms with E-state index in [9.17, 15) is 9.90 Å². The molecule has 1 fully saturated rings. The van der Waals surface area contributed by atoms with E-state index in [-0.39, 0.29) is 30.2 Å². The minimum atomic E-state index is -0.739. The molecule has 0 bridgehead atoms. The van der Waals surface area contributed by atoms with Gasteiger partial charge in [-0.15, -0.1) is 0 Å². The second-order valence-electron chi connectivity index (χ2n) is 10.0. The van der Waals surface area contributed by atoms with Crippen LogP contribution in [0.1, 0.15) is 46.3 Å². The minimum Gasteiger partial charge on any atom is -0.387 e. The molecule has 3 rings (SSSR count). The van der Waals surface area contributed by atoms with Crippen LogP contribution in [-0.4, -0.2) is 54.4 Å². The highest BCUT2D eigenvalue weighted by Gasteiger charge is 2.25. The number of nitrogens with zero attached hydrogens (tertiary/aromatic N) is 2. The summed E-state index contributed by atoms with van der Waals surface area (Å²) >= 11 is 0. The summed E-state index contributed by atoms with van der Waals surface area (Å²) in [4.78, 5) is 17.1. The maximum Gasteiger partial charge on any atom is 0.321 e. The van der Waals surface area contributed by atoms with Gasteiger partial charge in [-0.2, -0.15) is 0 Å². The molecule has 3 atom stereocenters. The summed E-state index contributed by atoms with van der Waals surface area (Å²) in [5.41, 5.74) is 2.57. The topological polar surface area (TPSA) is 65.0 Å². The van der Waals surface area contributed by atoms with E-state index in [1.807, 2.05) is 54.6 Å². The molecule has 0 unspecified atom stereocenters. The summed E-state index contributed by atoms with van der Waals surface area (Å²) < 4.78 is 5.82. The van der Waals surface area contributed by atoms with Crippen LogP contribution in [0.25, 0.3) is 0 Å². The molecule has 6 nitrogen and oxygen atoms in total. The van der Waals surface area contributed by atoms with E-state index >= 15 is 0 Å². The first kappa shape index (κ1) is 24.1. The predicted octanol–water partition coefficient (Wildman–Crippen LogP) is 4.91. The molecule has 2 amide bonds. The number of benzene rings is 2. The number of hydrogen-bond acceptors (Lipinski definition) is 4. The lowest BCUT2D eigenvalue weighted by molar-refractivity contribution is -0.00521. The van der Waals surface area contributed by atoms with Crippen LogP contribution in [0.5, 0.6) is 0 Å². The predicted molar refractivity (Wildman–Crippen MR) is 130 cm³/mol. The van der Waals surface area contributed by atoms with Gasteiger partial charge >= 0.3 is 6.03 Å². The summed E-state index contributed by atoms with van der Waals surface area (Å²) in [7, 11) is 0. The lowest BCUT2D eigenvalue weighted by Crippen LogP contribution is -2.45. The van der Waals surface area contributed by atoms with E-state index in [2.05, 4.69) is 44.8 Å². The van der Waals surface area contributed by atoms with Crippen LogP contribution in [0, 0.1) is 5.41 Å². The van der Waals surface area contributed by atoms with E-state index in [1.54, 1.807) is 4.90 Å². The van der Waals surface area contributed by atoms with E-state index in [0.717, 1.165) is 30.0 Å². The standard InChI is InChI=1S/C26H37N3O3/c1-19-15-28(16-20(2)32-19)23-13-11-22(12-14-23)27-25(31)29(18-26(3,4)5)17-24(30)21-9-7-6-8-10-21/h6-14,19-20,24,30H,15-18H2,1-5H3,(H,27,31)/t19-,20+,24-/m0/s1. The Kier molecular flexibility index (Phi) is 7.80. The van der Waals surface area contributed by atoms with Gasteiger partial charge in [0, 0.05) is 31.0 Å². The summed E-state index contributed by atoms with van der Waals surface area (Å²) in [6, 6.07) is 17.2. The van der Waals surface area contributed by atoms with Crippen LogP contribution in [0.4, 0.5) is 16.2 Å². The van der Waals surface area contributed by atoms with Gasteiger partial charge in [0.15, 0.2) is 0 Å². The molecule has 174 valence electrons. The summed E-state index contributed by atoms with van der Waals surface area (Å²) in [5, 5.41) is 13.7. The third-order valence-corrected chi connectivity index (χ3v) is 5.43. The zero-order valence-electron chi connectivity index (χ0n) is 19.9. The van der Waals surface area contributed by atoms with Crippen molar-refractivity contribution < 1.29 is 14.6 Å². The van der Waals surface area contributed by atoms with Gasteiger partial charge in [-0.05, 0) is 49.1 Å². The molecule has 1 aliphatic rings. The Hall–Kier alpha value is -2.57. The minimum absolute atomic E-state index is 0.0959. The molecule has 0 radical (unpaired) electrons. The fourth-order valence-electron chi connectivity index (χ4n) is 4.13. The largest absolute Gasteiger partial charge is 0.387 e. The Morgan fingerprint density at radius 1 is 1.09 bits per heavy atom. The van der Waals surface area contributed by atoms with E-state index < -0.39 is 6.10 Å². The number of urea groups is 1. The maximum absolute atomic E-state index is 13.1. The molecule has 1 saturated heterocycles. The van der Waals surface area contributed by atoms with Crippen LogP contribution in [0.15, 0.2) is 54.6 Å². The highest BCUT2D eigenvalue weighted by Crippen LogP contribution is 2.24. The maximum atomic E-state index is 13.1. The van der Waals surface area contributed by atoms with Crippen molar-refractivity contribution in [1.29, 1.82) is 0 Å². The first-order valence-electron chi connectivity index (χ1n) is 11.4. The van der Waals surface area contributed by atoms with Crippen molar-refractivity contribution in [3.8, 4) is 0 Å². The fraction of sp³-hybridized carbons (Fsp3) is 0.500. The number of carbonyl (C=O) groups is 1. The molecule has 0 aromatic heterocycles. The number of amides is 2. The first-order chi connectivity index (χ1) is 15.1. The molecule has 6 heteroatoms. The van der Waals surface area contributed by atoms with Crippen LogP contribution >= 0.6 is 0 Å². The second kappa shape index (κ2) is 10.4. The summed E-state index contributed by atoms with van der Waals surface area (Å²) in [6.45, 7) is 12.9. The molecule has 2 N–H and O–H groups in total. The molecule has 32 heavy (non-hydrogen) atoms. The number of anilines is 2. The number of aliphatic hydroxyl groups is 1. The Morgan fingerprint density at radius 3 is 2.25 bits per heavy atom. The normalized spacial score (nSPS) is 20.0. The van der Waals surface area contributed by atoms with Crippen LogP contribution in [0.3, 0.4) is 0 Å². The SMILES string of the molecule is C[C@@H]1CN(c2ccc(NC(=O)N(C[C@H](O)c3ccccc3)CC(C)(C)C)cc2)C[C@H](C)O1. The highest BCUT2D eigenvalue weighted by molar-refractivity contribution is 5.89. The van der Waals surface area contributed by atoms with Crippen molar-refractivity contribution in [2.75, 3.05) is 36.4 Å². The van der Waals surface area contributed by atoms with E-state index in [0.29, 0.717) is 6.54 Å². The van der Waals surface area contributed by atoms with Gasteiger partial charge in [0.05, 0.1) is 24.9 Å². The van der Waals surface area contributed by atoms with E-state index in [1.165, 1.54) is 0 Å². The smallest absolute Gasteiger partial charge is 0.321 e. The third kappa shape index (κ3) is 6.97. The van der Waals surface area contributed by atoms with Gasteiger partial charge in [0.2, 0.25) is 0 Å². The highest BCUT2D eigenvalue weighted by atomic mass is 16.5. The van der Waals surface area contributed by atoms with Crippen molar-refractivity contribution >= 4 is 17.4 Å². The van der Waals surface area contributed by atoms with Crippen molar-refractivity contribution in [1.82, 2.24) is 4.90 Å². The number of rotatable bonds is 6. The Morgan fingerprint density at radius 2 is 1.69 bits per heavy atom. The summed E-state index contributed by atoms with van der Waals surface area (Å²) in [6.07, 6.45) is -0.350. The monoisotopic (exact) mass is 439 g/mol. The Balaban J connectivity index is 1.67. The van der Waals surface area contributed by atoms with Crippen LogP contribution < -0.4 is 10.2 Å². The molecule has 1 heterocycles. The lowest BCUT2D eigenvalue weighted by Gasteiger charge is -2.37. The molecule has 1 aliphatic heterocycles. The number of aliphatic hydroxyl groups excluding tert-OH is 1. The third-order valence-electron chi connectivity index (χ3n) is 5.43. The number of ether oxygens (including phenoxy) is 1. The lowest BCUT2D eigenvalue weighted by atomic mass is 9.95. The molecule has 0 aliphatic carbocycles. The quantitative estimate of drug-likeness (QED) is 0.671. The number of hydrogen-bond donors (Lipinski definition) is 2. The first-order valence-corrected chi connectivity index (χ1v) is 11.4. The van der Waals surface area contributed by atoms with Gasteiger partial charge in [0.1, 0.15) is 0 Å². The van der Waals surface area contributed by atoms with Crippen molar-refractivity contribution in [2.45, 2.75) is 52.9 Å². The van der Waals surface area contributed by atoms with Gasteiger partial charge in [-0.1, -0.05) is 51.1 Å². The van der Waals surface area contributed by atoms with E-state index in [4.69, 9.17) is 4.74 Å². The van der Waals surface area contributed by atoms with Gasteiger partial charge < -0.3 is 25.0 Å². The summed E-state index contributed by atoms with van der Waals surface area (Å²) in [5.74, 6) is 0. The molecular formula is C26H37N3O3. The second-order valence-corrected chi connectivity index (χ2v) is 10.0. The zero-order chi connectivity index (χ0) is 23.3. The Bertz CT molecular complexity index is 854. The number of morpholine rings is 1. The zero-order valence-corrected chi connectivity index (χ0v) is 19.9. The average Bonchev–Trinajstić information content (AvgIpc) is 2.72. The fourth-order valence-corrected chi connectivity index (χ4v) is 4.13. The average molecular weight is 440 g/mol. The molecule has 2 aromatic carbocycles. The number of nitrogens with one attached hydrogen (secondary N) is 1. The van der Waals surface area contributed by atoms with Gasteiger partial charge in [-0.3, -0.25) is 0 Å². The Labute approximate surface area is 192 Å². The van der Waals surface area contributed by atoms with Gasteiger partial charge in [-0.25, -0.2) is 4.79 Å². The van der Waals surface area contributed by atoms with Crippen LogP contribution in [0.2, 0.25) is 0 Å². The van der Waals surface area contributed by atoms with Crippen molar-refractivity contribution in [3.63, 3.8) is 0 Å². The van der Waals surface area contributed by atoms with Crippen molar-refractivity contribution in [3.05, 3.63) is 60.2 Å². The number of carbonyl (C=O) groups excluding carboxylic acids is 1. The molecule has 0 saturated carbocycles. The molecule has 0 spiro atoms.